The maximum Gasteiger partial charge on any atom is 0.149 e. The van der Waals surface area contributed by atoms with Crippen LogP contribution in [0.4, 0.5) is 11.6 Å². The number of nitrogens with one attached hydrogen (secondary N) is 1. The Balaban J connectivity index is 1.90. The van der Waals surface area contributed by atoms with Gasteiger partial charge >= 0.3 is 0 Å². The van der Waals surface area contributed by atoms with E-state index in [-0.39, 0.29) is 0 Å². The predicted octanol–water partition coefficient (Wildman–Crippen LogP) is 1.29. The lowest BCUT2D eigenvalue weighted by Crippen LogP contribution is -2.31. The van der Waals surface area contributed by atoms with Gasteiger partial charge in [-0.1, -0.05) is 0 Å². The molecular formula is C11H18N4O. The second-order valence-electron chi connectivity index (χ2n) is 4.23. The van der Waals surface area contributed by atoms with Crippen LogP contribution >= 0.6 is 0 Å². The zero-order chi connectivity index (χ0) is 11.4. The lowest BCUT2D eigenvalue weighted by molar-refractivity contribution is 0.0622. The number of nitrogens with zero attached hydrogens (tertiary/aromatic N) is 2. The summed E-state index contributed by atoms with van der Waals surface area (Å²) in [7, 11) is 0. The van der Waals surface area contributed by atoms with Crippen LogP contribution in [0.2, 0.25) is 0 Å². The van der Waals surface area contributed by atoms with Crippen molar-refractivity contribution in [2.24, 2.45) is 5.92 Å². The summed E-state index contributed by atoms with van der Waals surface area (Å²) in [4.78, 5) is 0. The first kappa shape index (κ1) is 11.1. The number of hydrogen-bond donors (Lipinski definition) is 2. The maximum absolute atomic E-state index is 5.48. The fraction of sp³-hybridized carbons (Fsp3) is 0.636. The zero-order valence-electron chi connectivity index (χ0n) is 9.52. The number of nitrogens with two attached hydrogens (primary N) is 1. The van der Waals surface area contributed by atoms with Crippen LogP contribution in [-0.4, -0.2) is 29.5 Å². The molecule has 0 amide bonds. The minimum absolute atomic E-state index is 0.391. The molecule has 1 aliphatic rings. The van der Waals surface area contributed by atoms with Gasteiger partial charge in [-0.2, -0.15) is 0 Å². The van der Waals surface area contributed by atoms with Crippen LogP contribution in [0.5, 0.6) is 0 Å². The van der Waals surface area contributed by atoms with Crippen molar-refractivity contribution in [3.05, 3.63) is 12.1 Å². The Morgan fingerprint density at radius 1 is 1.38 bits per heavy atom. The fourth-order valence-electron chi connectivity index (χ4n) is 1.99. The van der Waals surface area contributed by atoms with Crippen molar-refractivity contribution >= 4 is 11.6 Å². The van der Waals surface area contributed by atoms with Crippen molar-refractivity contribution in [3.8, 4) is 0 Å². The van der Waals surface area contributed by atoms with Crippen molar-refractivity contribution < 1.29 is 4.74 Å². The maximum atomic E-state index is 5.48. The first-order valence-corrected chi connectivity index (χ1v) is 5.69. The molecule has 2 rings (SSSR count). The lowest BCUT2D eigenvalue weighted by atomic mass is 9.93. The third kappa shape index (κ3) is 2.82. The summed E-state index contributed by atoms with van der Waals surface area (Å²) < 4.78 is 5.34. The van der Waals surface area contributed by atoms with Gasteiger partial charge in [-0.3, -0.25) is 0 Å². The molecule has 88 valence electrons. The van der Waals surface area contributed by atoms with Crippen molar-refractivity contribution in [1.82, 2.24) is 10.2 Å². The molecule has 0 aliphatic carbocycles. The number of hydrogen-bond acceptors (Lipinski definition) is 5. The topological polar surface area (TPSA) is 73.1 Å². The molecule has 0 aromatic carbocycles. The first-order chi connectivity index (χ1) is 7.75. The van der Waals surface area contributed by atoms with Gasteiger partial charge in [0.05, 0.1) is 0 Å². The molecule has 5 nitrogen and oxygen atoms in total. The van der Waals surface area contributed by atoms with Gasteiger partial charge in [0.1, 0.15) is 11.6 Å². The van der Waals surface area contributed by atoms with Gasteiger partial charge in [0, 0.05) is 19.3 Å². The Bertz CT molecular complexity index is 321. The van der Waals surface area contributed by atoms with E-state index in [1.807, 2.05) is 6.07 Å². The standard InChI is InChI=1S/C11H18N4O/c1-8(9-4-6-16-7-5-9)13-11-3-2-10(12)14-15-11/h2-3,8-9H,4-7H2,1H3,(H2,12,14)(H,13,15). The molecule has 0 radical (unpaired) electrons. The summed E-state index contributed by atoms with van der Waals surface area (Å²) in [6, 6.07) is 4.01. The number of rotatable bonds is 3. The molecular weight excluding hydrogens is 204 g/mol. The molecule has 1 unspecified atom stereocenters. The summed E-state index contributed by atoms with van der Waals surface area (Å²) in [6.07, 6.45) is 2.22. The Labute approximate surface area is 95.4 Å². The van der Waals surface area contributed by atoms with E-state index in [9.17, 15) is 0 Å². The highest BCUT2D eigenvalue weighted by molar-refractivity contribution is 5.39. The van der Waals surface area contributed by atoms with Crippen LogP contribution in [0.1, 0.15) is 19.8 Å². The van der Waals surface area contributed by atoms with Gasteiger partial charge in [-0.15, -0.1) is 10.2 Å². The quantitative estimate of drug-likeness (QED) is 0.806. The summed E-state index contributed by atoms with van der Waals surface area (Å²) in [5, 5.41) is 11.2. The number of nitrogen functional groups attached to an aromatic ring is 1. The monoisotopic (exact) mass is 222 g/mol. The van der Waals surface area contributed by atoms with E-state index in [4.69, 9.17) is 10.5 Å². The second kappa shape index (κ2) is 5.12. The number of aromatic nitrogens is 2. The smallest absolute Gasteiger partial charge is 0.149 e. The molecule has 0 bridgehead atoms. The van der Waals surface area contributed by atoms with Crippen LogP contribution in [0, 0.1) is 5.92 Å². The van der Waals surface area contributed by atoms with Gasteiger partial charge in [0.15, 0.2) is 0 Å². The average molecular weight is 222 g/mol. The first-order valence-electron chi connectivity index (χ1n) is 5.69. The van der Waals surface area contributed by atoms with E-state index >= 15 is 0 Å². The predicted molar refractivity (Wildman–Crippen MR) is 63.1 cm³/mol. The van der Waals surface area contributed by atoms with Crippen LogP contribution in [-0.2, 0) is 4.74 Å². The number of ether oxygens (including phenoxy) is 1. The van der Waals surface area contributed by atoms with E-state index < -0.39 is 0 Å². The minimum Gasteiger partial charge on any atom is -0.382 e. The van der Waals surface area contributed by atoms with E-state index in [2.05, 4.69) is 22.4 Å². The molecule has 1 aliphatic heterocycles. The summed E-state index contributed by atoms with van der Waals surface area (Å²) in [5.41, 5.74) is 5.48. The second-order valence-corrected chi connectivity index (χ2v) is 4.23. The highest BCUT2D eigenvalue weighted by Gasteiger charge is 2.20. The van der Waals surface area contributed by atoms with Gasteiger partial charge in [0.25, 0.3) is 0 Å². The molecule has 0 saturated carbocycles. The normalized spacial score (nSPS) is 19.3. The molecule has 2 heterocycles. The van der Waals surface area contributed by atoms with Crippen LogP contribution in [0.25, 0.3) is 0 Å². The highest BCUT2D eigenvalue weighted by Crippen LogP contribution is 2.20. The van der Waals surface area contributed by atoms with E-state index in [0.29, 0.717) is 17.8 Å². The Morgan fingerprint density at radius 2 is 2.12 bits per heavy atom. The third-order valence-electron chi connectivity index (χ3n) is 3.03. The summed E-state index contributed by atoms with van der Waals surface area (Å²) in [6.45, 7) is 3.90. The third-order valence-corrected chi connectivity index (χ3v) is 3.03. The summed E-state index contributed by atoms with van der Waals surface area (Å²) >= 11 is 0. The molecule has 16 heavy (non-hydrogen) atoms. The Hall–Kier alpha value is -1.36. The van der Waals surface area contributed by atoms with Crippen molar-refractivity contribution in [2.75, 3.05) is 24.3 Å². The zero-order valence-corrected chi connectivity index (χ0v) is 9.52. The van der Waals surface area contributed by atoms with Gasteiger partial charge < -0.3 is 15.8 Å². The molecule has 1 atom stereocenters. The fourth-order valence-corrected chi connectivity index (χ4v) is 1.99. The highest BCUT2D eigenvalue weighted by atomic mass is 16.5. The average Bonchev–Trinajstić information content (AvgIpc) is 2.33. The molecule has 0 spiro atoms. The van der Waals surface area contributed by atoms with Gasteiger partial charge in [-0.05, 0) is 37.8 Å². The molecule has 1 fully saturated rings. The summed E-state index contributed by atoms with van der Waals surface area (Å²) in [5.74, 6) is 1.88. The van der Waals surface area contributed by atoms with E-state index in [1.54, 1.807) is 6.07 Å². The molecule has 1 aromatic heterocycles. The van der Waals surface area contributed by atoms with Crippen LogP contribution < -0.4 is 11.1 Å². The molecule has 5 heteroatoms. The molecule has 3 N–H and O–H groups in total. The number of anilines is 2. The van der Waals surface area contributed by atoms with Gasteiger partial charge in [0.2, 0.25) is 0 Å². The van der Waals surface area contributed by atoms with Crippen molar-refractivity contribution in [3.63, 3.8) is 0 Å². The molecule has 1 aromatic rings. The van der Waals surface area contributed by atoms with E-state index in [0.717, 1.165) is 31.9 Å². The van der Waals surface area contributed by atoms with Crippen LogP contribution in [0.3, 0.4) is 0 Å². The lowest BCUT2D eigenvalue weighted by Gasteiger charge is -2.28. The van der Waals surface area contributed by atoms with Gasteiger partial charge in [-0.25, -0.2) is 0 Å². The van der Waals surface area contributed by atoms with Crippen molar-refractivity contribution in [1.29, 1.82) is 0 Å². The molecule has 1 saturated heterocycles. The Morgan fingerprint density at radius 3 is 2.75 bits per heavy atom. The Kier molecular flexibility index (Phi) is 3.56. The SMILES string of the molecule is CC(Nc1ccc(N)nn1)C1CCOCC1. The van der Waals surface area contributed by atoms with Crippen molar-refractivity contribution in [2.45, 2.75) is 25.8 Å². The van der Waals surface area contributed by atoms with Crippen LogP contribution in [0.15, 0.2) is 12.1 Å². The minimum atomic E-state index is 0.391. The van der Waals surface area contributed by atoms with E-state index in [1.165, 1.54) is 0 Å². The largest absolute Gasteiger partial charge is 0.382 e.